The van der Waals surface area contributed by atoms with Gasteiger partial charge in [0.2, 0.25) is 0 Å². The predicted molar refractivity (Wildman–Crippen MR) is 79.4 cm³/mol. The van der Waals surface area contributed by atoms with Gasteiger partial charge in [-0.2, -0.15) is 0 Å². The minimum Gasteiger partial charge on any atom is -0.481 e. The number of aromatic amines is 1. The van der Waals surface area contributed by atoms with E-state index in [0.717, 1.165) is 5.56 Å². The van der Waals surface area contributed by atoms with E-state index in [2.05, 4.69) is 10.3 Å². The summed E-state index contributed by atoms with van der Waals surface area (Å²) in [7, 11) is 0. The maximum atomic E-state index is 11.8. The van der Waals surface area contributed by atoms with Crippen LogP contribution in [0.5, 0.6) is 0 Å². The first-order valence-electron chi connectivity index (χ1n) is 6.45. The topological polar surface area (TPSA) is 82.2 Å². The van der Waals surface area contributed by atoms with Crippen LogP contribution in [0.15, 0.2) is 42.6 Å². The van der Waals surface area contributed by atoms with Gasteiger partial charge in [-0.05, 0) is 18.1 Å². The molecule has 3 N–H and O–H groups in total. The highest BCUT2D eigenvalue weighted by molar-refractivity contribution is 6.30. The quantitative estimate of drug-likeness (QED) is 0.766. The maximum Gasteiger partial charge on any atom is 0.308 e. The number of halogens is 1. The molecule has 0 aliphatic rings. The molecule has 0 bridgehead atoms. The van der Waals surface area contributed by atoms with Crippen LogP contribution in [0.4, 0.5) is 0 Å². The van der Waals surface area contributed by atoms with E-state index in [9.17, 15) is 14.7 Å². The molecule has 0 radical (unpaired) electrons. The van der Waals surface area contributed by atoms with Gasteiger partial charge in [0.15, 0.2) is 0 Å². The number of nitrogens with one attached hydrogen (secondary N) is 2. The van der Waals surface area contributed by atoms with E-state index in [1.807, 2.05) is 30.3 Å². The molecular formula is C15H15ClN2O3. The van der Waals surface area contributed by atoms with E-state index < -0.39 is 11.9 Å². The first kappa shape index (κ1) is 15.1. The van der Waals surface area contributed by atoms with Crippen molar-refractivity contribution in [3.63, 3.8) is 0 Å². The zero-order chi connectivity index (χ0) is 15.2. The van der Waals surface area contributed by atoms with Crippen molar-refractivity contribution in [2.45, 2.75) is 6.42 Å². The molecule has 2 aromatic rings. The number of carboxylic acid groups (broad SMARTS) is 1. The SMILES string of the molecule is O=C(NCC(Cc1ccccc1)C(=O)O)c1cc(Cl)c[nH]1. The average molecular weight is 307 g/mol. The van der Waals surface area contributed by atoms with Crippen LogP contribution in [0.25, 0.3) is 0 Å². The Morgan fingerprint density at radius 2 is 2.00 bits per heavy atom. The second-order valence-corrected chi connectivity index (χ2v) is 5.10. The molecule has 21 heavy (non-hydrogen) atoms. The Kier molecular flexibility index (Phi) is 5.00. The van der Waals surface area contributed by atoms with Crippen LogP contribution in [0.1, 0.15) is 16.1 Å². The molecule has 110 valence electrons. The van der Waals surface area contributed by atoms with Crippen LogP contribution in [-0.4, -0.2) is 28.5 Å². The number of aromatic nitrogens is 1. The third kappa shape index (κ3) is 4.36. The molecule has 1 atom stereocenters. The zero-order valence-corrected chi connectivity index (χ0v) is 11.9. The molecule has 1 heterocycles. The van der Waals surface area contributed by atoms with Gasteiger partial charge in [0.1, 0.15) is 5.69 Å². The number of hydrogen-bond acceptors (Lipinski definition) is 2. The summed E-state index contributed by atoms with van der Waals surface area (Å²) in [4.78, 5) is 25.8. The van der Waals surface area contributed by atoms with Gasteiger partial charge in [-0.3, -0.25) is 9.59 Å². The summed E-state index contributed by atoms with van der Waals surface area (Å²) in [5.41, 5.74) is 1.23. The summed E-state index contributed by atoms with van der Waals surface area (Å²) < 4.78 is 0. The third-order valence-electron chi connectivity index (χ3n) is 3.08. The first-order valence-corrected chi connectivity index (χ1v) is 6.83. The Morgan fingerprint density at radius 3 is 2.57 bits per heavy atom. The summed E-state index contributed by atoms with van der Waals surface area (Å²) in [6.45, 7) is 0.0553. The Morgan fingerprint density at radius 1 is 1.29 bits per heavy atom. The second kappa shape index (κ2) is 6.95. The minimum absolute atomic E-state index is 0.0553. The fraction of sp³-hybridized carbons (Fsp3) is 0.200. The molecule has 5 nitrogen and oxygen atoms in total. The van der Waals surface area contributed by atoms with E-state index >= 15 is 0 Å². The number of benzene rings is 1. The van der Waals surface area contributed by atoms with Gasteiger partial charge in [0.25, 0.3) is 5.91 Å². The van der Waals surface area contributed by atoms with Crippen molar-refractivity contribution in [1.82, 2.24) is 10.3 Å². The van der Waals surface area contributed by atoms with Gasteiger partial charge in [-0.25, -0.2) is 0 Å². The number of carbonyl (C=O) groups is 2. The molecule has 0 aliphatic heterocycles. The number of carboxylic acids is 1. The lowest BCUT2D eigenvalue weighted by Gasteiger charge is -2.13. The first-order chi connectivity index (χ1) is 10.1. The van der Waals surface area contributed by atoms with Crippen LogP contribution in [0.3, 0.4) is 0 Å². The molecule has 6 heteroatoms. The zero-order valence-electron chi connectivity index (χ0n) is 11.2. The summed E-state index contributed by atoms with van der Waals surface area (Å²) in [5.74, 6) is -1.99. The molecule has 0 saturated carbocycles. The molecule has 0 spiro atoms. The molecule has 1 unspecified atom stereocenters. The Bertz CT molecular complexity index is 625. The van der Waals surface area contributed by atoms with E-state index in [4.69, 9.17) is 11.6 Å². The molecular weight excluding hydrogens is 292 g/mol. The predicted octanol–water partition coefficient (Wildman–Crippen LogP) is 2.34. The fourth-order valence-corrected chi connectivity index (χ4v) is 2.12. The van der Waals surface area contributed by atoms with Crippen molar-refractivity contribution < 1.29 is 14.7 Å². The highest BCUT2D eigenvalue weighted by Gasteiger charge is 2.19. The van der Waals surface area contributed by atoms with Crippen molar-refractivity contribution in [1.29, 1.82) is 0 Å². The van der Waals surface area contributed by atoms with Crippen molar-refractivity contribution >= 4 is 23.5 Å². The fourth-order valence-electron chi connectivity index (χ4n) is 1.96. The number of amides is 1. The minimum atomic E-state index is -0.941. The summed E-state index contributed by atoms with van der Waals surface area (Å²) in [5, 5.41) is 12.3. The molecule has 2 rings (SSSR count). The number of rotatable bonds is 6. The van der Waals surface area contributed by atoms with Crippen molar-refractivity contribution in [3.8, 4) is 0 Å². The smallest absolute Gasteiger partial charge is 0.308 e. The number of hydrogen-bond donors (Lipinski definition) is 3. The summed E-state index contributed by atoms with van der Waals surface area (Å²) >= 11 is 5.72. The van der Waals surface area contributed by atoms with Crippen molar-refractivity contribution in [2.75, 3.05) is 6.54 Å². The van der Waals surface area contributed by atoms with E-state index in [-0.39, 0.29) is 12.5 Å². The largest absolute Gasteiger partial charge is 0.481 e. The van der Waals surface area contributed by atoms with Gasteiger partial charge < -0.3 is 15.4 Å². The van der Waals surface area contributed by atoms with Crippen molar-refractivity contribution in [2.24, 2.45) is 5.92 Å². The lowest BCUT2D eigenvalue weighted by Crippen LogP contribution is -2.34. The van der Waals surface area contributed by atoms with Crippen molar-refractivity contribution in [3.05, 3.63) is 58.9 Å². The van der Waals surface area contributed by atoms with Gasteiger partial charge in [-0.15, -0.1) is 0 Å². The summed E-state index contributed by atoms with van der Waals surface area (Å²) in [6.07, 6.45) is 1.86. The highest BCUT2D eigenvalue weighted by Crippen LogP contribution is 2.11. The Balaban J connectivity index is 1.94. The second-order valence-electron chi connectivity index (χ2n) is 4.67. The van der Waals surface area contributed by atoms with Crippen LogP contribution in [0, 0.1) is 5.92 Å². The number of H-pyrrole nitrogens is 1. The van der Waals surface area contributed by atoms with E-state index in [1.54, 1.807) is 0 Å². The number of aliphatic carboxylic acids is 1. The lowest BCUT2D eigenvalue weighted by atomic mass is 9.99. The normalized spacial score (nSPS) is 11.9. The van der Waals surface area contributed by atoms with Gasteiger partial charge in [0, 0.05) is 12.7 Å². The molecule has 0 saturated heterocycles. The molecule has 0 aliphatic carbocycles. The van der Waals surface area contributed by atoms with Crippen LogP contribution in [0.2, 0.25) is 5.02 Å². The molecule has 1 aromatic heterocycles. The van der Waals surface area contributed by atoms with Gasteiger partial charge >= 0.3 is 5.97 Å². The lowest BCUT2D eigenvalue weighted by molar-refractivity contribution is -0.141. The van der Waals surface area contributed by atoms with Gasteiger partial charge in [0.05, 0.1) is 10.9 Å². The standard InChI is InChI=1S/C15H15ClN2O3/c16-12-7-13(17-9-12)14(19)18-8-11(15(20)21)6-10-4-2-1-3-5-10/h1-5,7,9,11,17H,6,8H2,(H,18,19)(H,20,21). The molecule has 0 fully saturated rings. The Labute approximate surface area is 126 Å². The monoisotopic (exact) mass is 306 g/mol. The third-order valence-corrected chi connectivity index (χ3v) is 3.29. The highest BCUT2D eigenvalue weighted by atomic mass is 35.5. The maximum absolute atomic E-state index is 11.8. The van der Waals surface area contributed by atoms with Crippen LogP contribution in [-0.2, 0) is 11.2 Å². The van der Waals surface area contributed by atoms with E-state index in [0.29, 0.717) is 17.1 Å². The summed E-state index contributed by atoms with van der Waals surface area (Å²) in [6, 6.07) is 10.8. The average Bonchev–Trinajstić information content (AvgIpc) is 2.90. The van der Waals surface area contributed by atoms with E-state index in [1.165, 1.54) is 12.3 Å². The molecule has 1 amide bonds. The molecule has 1 aromatic carbocycles. The van der Waals surface area contributed by atoms with Crippen LogP contribution >= 0.6 is 11.6 Å². The van der Waals surface area contributed by atoms with Crippen LogP contribution < -0.4 is 5.32 Å². The Hall–Kier alpha value is -2.27. The number of carbonyl (C=O) groups excluding carboxylic acids is 1. The van der Waals surface area contributed by atoms with Gasteiger partial charge in [-0.1, -0.05) is 41.9 Å².